The third kappa shape index (κ3) is 8.16. The quantitative estimate of drug-likeness (QED) is 0.211. The zero-order chi connectivity index (χ0) is 21.8. The van der Waals surface area contributed by atoms with Gasteiger partial charge in [0.05, 0.1) is 6.61 Å². The lowest BCUT2D eigenvalue weighted by molar-refractivity contribution is 0.00174. The van der Waals surface area contributed by atoms with Gasteiger partial charge in [-0.1, -0.05) is 71.2 Å². The maximum atomic E-state index is 6.38. The second-order valence-electron chi connectivity index (χ2n) is 8.76. The van der Waals surface area contributed by atoms with E-state index in [1.165, 1.54) is 31.2 Å². The fraction of sp³-hybridized carbons (Fsp3) is 0.444. The van der Waals surface area contributed by atoms with Gasteiger partial charge in [-0.3, -0.25) is 4.98 Å². The second-order valence-corrected chi connectivity index (χ2v) is 8.76. The summed E-state index contributed by atoms with van der Waals surface area (Å²) in [4.78, 5) is 4.22. The molecule has 3 heteroatoms. The molecule has 2 rings (SSSR count). The number of nitrogens with zero attached hydrogens (tertiary/aromatic N) is 1. The Balaban J connectivity index is 2.22. The largest absolute Gasteiger partial charge is 0.459 e. The van der Waals surface area contributed by atoms with Gasteiger partial charge in [0.25, 0.3) is 0 Å². The topological polar surface area (TPSA) is 31.4 Å². The van der Waals surface area contributed by atoms with Crippen LogP contribution < -0.4 is 4.74 Å². The summed E-state index contributed by atoms with van der Waals surface area (Å²) in [6, 6.07) is 12.4. The van der Waals surface area contributed by atoms with Crippen molar-refractivity contribution in [2.45, 2.75) is 65.9 Å². The molecule has 0 amide bonds. The standard InChI is InChI=1S/C27H37NO2/c1-6-8-9-10-12-22-14-16-24(17-15-22)30-25(20-23-13-11-18-28-21-23)26(27(3,4)5)29-19-7-2/h7,11,13-18,20-21,26H,2,6,8-10,12,19H2,1,3-5H3/b25-20+. The number of hydrogen-bond donors (Lipinski definition) is 0. The van der Waals surface area contributed by atoms with Crippen molar-refractivity contribution in [1.29, 1.82) is 0 Å². The molecule has 3 nitrogen and oxygen atoms in total. The molecule has 0 bridgehead atoms. The number of rotatable bonds is 12. The first-order valence-corrected chi connectivity index (χ1v) is 11.0. The summed E-state index contributed by atoms with van der Waals surface area (Å²) in [6.45, 7) is 13.0. The Bertz CT molecular complexity index is 773. The minimum Gasteiger partial charge on any atom is -0.459 e. The highest BCUT2D eigenvalue weighted by molar-refractivity contribution is 5.52. The summed E-state index contributed by atoms with van der Waals surface area (Å²) in [7, 11) is 0. The fourth-order valence-corrected chi connectivity index (χ4v) is 3.32. The van der Waals surface area contributed by atoms with E-state index in [0.29, 0.717) is 6.61 Å². The SMILES string of the molecule is C=CCOC(/C(=C\c1cccnc1)Oc1ccc(CCCCCC)cc1)C(C)(C)C. The van der Waals surface area contributed by atoms with E-state index in [1.807, 2.05) is 24.4 Å². The first-order chi connectivity index (χ1) is 14.4. The van der Waals surface area contributed by atoms with Crippen LogP contribution in [0.4, 0.5) is 0 Å². The van der Waals surface area contributed by atoms with Gasteiger partial charge in [-0.2, -0.15) is 0 Å². The molecule has 0 N–H and O–H groups in total. The monoisotopic (exact) mass is 407 g/mol. The molecule has 0 aliphatic heterocycles. The van der Waals surface area contributed by atoms with Gasteiger partial charge in [-0.05, 0) is 53.7 Å². The van der Waals surface area contributed by atoms with E-state index >= 15 is 0 Å². The van der Waals surface area contributed by atoms with Gasteiger partial charge in [0.2, 0.25) is 0 Å². The Morgan fingerprint density at radius 1 is 1.10 bits per heavy atom. The van der Waals surface area contributed by atoms with Crippen LogP contribution in [0.3, 0.4) is 0 Å². The number of aromatic nitrogens is 1. The van der Waals surface area contributed by atoms with E-state index in [2.05, 4.69) is 63.5 Å². The summed E-state index contributed by atoms with van der Waals surface area (Å²) in [5.41, 5.74) is 2.19. The van der Waals surface area contributed by atoms with Crippen molar-refractivity contribution in [2.24, 2.45) is 5.41 Å². The number of pyridine rings is 1. The van der Waals surface area contributed by atoms with E-state index in [9.17, 15) is 0 Å². The highest BCUT2D eigenvalue weighted by Gasteiger charge is 2.30. The van der Waals surface area contributed by atoms with Gasteiger partial charge in [0.15, 0.2) is 0 Å². The highest BCUT2D eigenvalue weighted by atomic mass is 16.5. The molecule has 1 aromatic carbocycles. The first kappa shape index (κ1) is 23.9. The zero-order valence-electron chi connectivity index (χ0n) is 19.1. The van der Waals surface area contributed by atoms with Crippen molar-refractivity contribution in [3.05, 3.63) is 78.3 Å². The van der Waals surface area contributed by atoms with Crippen LogP contribution in [-0.4, -0.2) is 17.7 Å². The molecule has 1 heterocycles. The second kappa shape index (κ2) is 12.3. The molecular formula is C27H37NO2. The summed E-state index contributed by atoms with van der Waals surface area (Å²) in [5, 5.41) is 0. The molecule has 1 atom stereocenters. The van der Waals surface area contributed by atoms with Crippen LogP contribution in [0.25, 0.3) is 6.08 Å². The Labute approximate surface area is 182 Å². The summed E-state index contributed by atoms with van der Waals surface area (Å²) in [6.07, 6.45) is 13.4. The molecule has 0 fully saturated rings. The number of benzene rings is 1. The first-order valence-electron chi connectivity index (χ1n) is 11.0. The molecule has 0 spiro atoms. The van der Waals surface area contributed by atoms with Crippen molar-refractivity contribution in [2.75, 3.05) is 6.61 Å². The molecule has 162 valence electrons. The predicted octanol–water partition coefficient (Wildman–Crippen LogP) is 7.24. The van der Waals surface area contributed by atoms with Crippen LogP contribution in [0.5, 0.6) is 5.75 Å². The maximum Gasteiger partial charge on any atom is 0.134 e. The maximum absolute atomic E-state index is 6.38. The minimum atomic E-state index is -0.218. The molecule has 0 saturated heterocycles. The number of unbranched alkanes of at least 4 members (excludes halogenated alkanes) is 3. The molecule has 1 unspecified atom stereocenters. The number of aryl methyl sites for hydroxylation is 1. The van der Waals surface area contributed by atoms with Crippen molar-refractivity contribution in [3.8, 4) is 5.75 Å². The van der Waals surface area contributed by atoms with E-state index in [1.54, 1.807) is 12.3 Å². The lowest BCUT2D eigenvalue weighted by Crippen LogP contribution is -2.33. The average Bonchev–Trinajstić information content (AvgIpc) is 2.72. The molecular weight excluding hydrogens is 370 g/mol. The number of ether oxygens (including phenoxy) is 2. The zero-order valence-corrected chi connectivity index (χ0v) is 19.1. The van der Waals surface area contributed by atoms with Gasteiger partial charge in [0.1, 0.15) is 17.6 Å². The van der Waals surface area contributed by atoms with Gasteiger partial charge >= 0.3 is 0 Å². The number of hydrogen-bond acceptors (Lipinski definition) is 3. The Kier molecular flexibility index (Phi) is 9.82. The Morgan fingerprint density at radius 3 is 2.47 bits per heavy atom. The van der Waals surface area contributed by atoms with Crippen LogP contribution in [-0.2, 0) is 11.2 Å². The van der Waals surface area contributed by atoms with E-state index in [0.717, 1.165) is 23.5 Å². The fourth-order valence-electron chi connectivity index (χ4n) is 3.32. The third-order valence-electron chi connectivity index (χ3n) is 4.90. The van der Waals surface area contributed by atoms with Gasteiger partial charge in [-0.15, -0.1) is 6.58 Å². The Hall–Kier alpha value is -2.39. The molecule has 1 aromatic heterocycles. The average molecular weight is 408 g/mol. The van der Waals surface area contributed by atoms with Crippen molar-refractivity contribution < 1.29 is 9.47 Å². The van der Waals surface area contributed by atoms with Crippen molar-refractivity contribution in [3.63, 3.8) is 0 Å². The normalized spacial score (nSPS) is 13.1. The van der Waals surface area contributed by atoms with Gasteiger partial charge < -0.3 is 9.47 Å². The highest BCUT2D eigenvalue weighted by Crippen LogP contribution is 2.31. The molecule has 0 aliphatic carbocycles. The van der Waals surface area contributed by atoms with Crippen molar-refractivity contribution >= 4 is 6.08 Å². The van der Waals surface area contributed by atoms with Crippen LogP contribution in [0, 0.1) is 5.41 Å². The molecule has 2 aromatic rings. The molecule has 0 radical (unpaired) electrons. The van der Waals surface area contributed by atoms with E-state index < -0.39 is 0 Å². The summed E-state index contributed by atoms with van der Waals surface area (Å²) >= 11 is 0. The van der Waals surface area contributed by atoms with Crippen LogP contribution in [0.2, 0.25) is 0 Å². The van der Waals surface area contributed by atoms with Crippen LogP contribution >= 0.6 is 0 Å². The smallest absolute Gasteiger partial charge is 0.134 e. The predicted molar refractivity (Wildman–Crippen MR) is 127 cm³/mol. The molecule has 0 aliphatic rings. The lowest BCUT2D eigenvalue weighted by Gasteiger charge is -2.32. The summed E-state index contributed by atoms with van der Waals surface area (Å²) in [5.74, 6) is 1.59. The Morgan fingerprint density at radius 2 is 1.87 bits per heavy atom. The summed E-state index contributed by atoms with van der Waals surface area (Å²) < 4.78 is 12.5. The minimum absolute atomic E-state index is 0.143. The van der Waals surface area contributed by atoms with E-state index in [-0.39, 0.29) is 11.5 Å². The van der Waals surface area contributed by atoms with Crippen LogP contribution in [0.15, 0.2) is 67.2 Å². The molecule has 30 heavy (non-hydrogen) atoms. The van der Waals surface area contributed by atoms with Crippen molar-refractivity contribution in [1.82, 2.24) is 4.98 Å². The third-order valence-corrected chi connectivity index (χ3v) is 4.90. The molecule has 0 saturated carbocycles. The van der Waals surface area contributed by atoms with Gasteiger partial charge in [-0.25, -0.2) is 0 Å². The van der Waals surface area contributed by atoms with Gasteiger partial charge in [0, 0.05) is 12.4 Å². The van der Waals surface area contributed by atoms with E-state index in [4.69, 9.17) is 9.47 Å². The lowest BCUT2D eigenvalue weighted by atomic mass is 9.87. The van der Waals surface area contributed by atoms with Crippen LogP contribution in [0.1, 0.15) is 64.5 Å².